The molecule has 82 valence electrons. The zero-order chi connectivity index (χ0) is 11.7. The Morgan fingerprint density at radius 1 is 1.50 bits per heavy atom. The minimum Gasteiger partial charge on any atom is -0.477 e. The van der Waals surface area contributed by atoms with Gasteiger partial charge in [0.25, 0.3) is 0 Å². The van der Waals surface area contributed by atoms with E-state index < -0.39 is 5.97 Å². The van der Waals surface area contributed by atoms with Gasteiger partial charge in [-0.1, -0.05) is 0 Å². The molecule has 0 amide bonds. The summed E-state index contributed by atoms with van der Waals surface area (Å²) in [5.74, 6) is -0.725. The number of thiophene rings is 1. The number of carboxylic acids is 1. The molecule has 0 aliphatic heterocycles. The normalized spacial score (nSPS) is 10.3. The zero-order valence-corrected chi connectivity index (χ0v) is 10.2. The van der Waals surface area contributed by atoms with Crippen LogP contribution in [0.3, 0.4) is 0 Å². The fourth-order valence-electron chi connectivity index (χ4n) is 1.11. The summed E-state index contributed by atoms with van der Waals surface area (Å²) in [6.07, 6.45) is 1.22. The molecule has 0 atom stereocenters. The van der Waals surface area contributed by atoms with Gasteiger partial charge in [-0.25, -0.2) is 14.8 Å². The fraction of sp³-hybridized carbons (Fsp3) is 0. The van der Waals surface area contributed by atoms with Crippen molar-refractivity contribution < 1.29 is 9.90 Å². The van der Waals surface area contributed by atoms with Crippen LogP contribution >= 0.6 is 27.3 Å². The van der Waals surface area contributed by atoms with Gasteiger partial charge in [0.1, 0.15) is 11.4 Å². The van der Waals surface area contributed by atoms with E-state index in [0.717, 1.165) is 8.66 Å². The van der Waals surface area contributed by atoms with Crippen LogP contribution in [0.25, 0.3) is 10.7 Å². The quantitative estimate of drug-likeness (QED) is 0.888. The Morgan fingerprint density at radius 3 is 2.75 bits per heavy atom. The molecule has 0 spiro atoms. The molecule has 0 radical (unpaired) electrons. The number of aromatic carboxylic acids is 1. The number of nitrogens with zero attached hydrogens (tertiary/aromatic N) is 2. The molecule has 7 heteroatoms. The van der Waals surface area contributed by atoms with Crippen molar-refractivity contribution in [2.75, 3.05) is 5.73 Å². The van der Waals surface area contributed by atoms with E-state index in [1.807, 2.05) is 12.1 Å². The van der Waals surface area contributed by atoms with Crippen molar-refractivity contribution in [2.45, 2.75) is 0 Å². The van der Waals surface area contributed by atoms with Crippen molar-refractivity contribution in [2.24, 2.45) is 0 Å². The molecule has 0 bridgehead atoms. The minimum atomic E-state index is -1.13. The van der Waals surface area contributed by atoms with E-state index in [0.29, 0.717) is 5.82 Å². The maximum atomic E-state index is 10.7. The first kappa shape index (κ1) is 11.0. The average Bonchev–Trinajstić information content (AvgIpc) is 2.64. The number of carboxylic acid groups (broad SMARTS) is 1. The fourth-order valence-corrected chi connectivity index (χ4v) is 2.44. The number of carbonyl (C=O) groups is 1. The molecule has 5 nitrogen and oxygen atoms in total. The molecule has 3 N–H and O–H groups in total. The van der Waals surface area contributed by atoms with E-state index in [4.69, 9.17) is 10.8 Å². The first-order chi connectivity index (χ1) is 7.58. The van der Waals surface area contributed by atoms with E-state index in [-0.39, 0.29) is 11.4 Å². The Morgan fingerprint density at radius 2 is 2.25 bits per heavy atom. The van der Waals surface area contributed by atoms with Crippen LogP contribution in [-0.4, -0.2) is 21.0 Å². The molecule has 0 saturated carbocycles. The molecule has 0 fully saturated rings. The van der Waals surface area contributed by atoms with Crippen molar-refractivity contribution >= 4 is 39.1 Å². The number of nitrogens with two attached hydrogens (primary N) is 1. The highest BCUT2D eigenvalue weighted by molar-refractivity contribution is 9.11. The molecule has 16 heavy (non-hydrogen) atoms. The second-order valence-corrected chi connectivity index (χ2v) is 5.36. The lowest BCUT2D eigenvalue weighted by Gasteiger charge is -2.01. The van der Waals surface area contributed by atoms with Crippen LogP contribution in [0.15, 0.2) is 22.1 Å². The highest BCUT2D eigenvalue weighted by Gasteiger charge is 2.12. The number of nitrogen functional groups attached to an aromatic ring is 1. The largest absolute Gasteiger partial charge is 0.477 e. The predicted octanol–water partition coefficient (Wildman–Crippen LogP) is 2.25. The number of aromatic nitrogens is 2. The van der Waals surface area contributed by atoms with Gasteiger partial charge in [-0.2, -0.15) is 0 Å². The standard InChI is InChI=1S/C9H6BrN3O2S/c10-6-2-1-5(16-6)8-12-3-4(9(14)15)7(11)13-8/h1-3H,(H,14,15)(H2,11,12,13). The van der Waals surface area contributed by atoms with Crippen molar-refractivity contribution in [3.05, 3.63) is 27.7 Å². The lowest BCUT2D eigenvalue weighted by atomic mass is 10.3. The Bertz CT molecular complexity index is 555. The van der Waals surface area contributed by atoms with E-state index in [1.165, 1.54) is 17.5 Å². The van der Waals surface area contributed by atoms with Gasteiger partial charge in [-0.15, -0.1) is 11.3 Å². The lowest BCUT2D eigenvalue weighted by Crippen LogP contribution is -2.06. The summed E-state index contributed by atoms with van der Waals surface area (Å²) >= 11 is 4.78. The van der Waals surface area contributed by atoms with Crippen LogP contribution in [0.5, 0.6) is 0 Å². The second kappa shape index (κ2) is 4.18. The molecular formula is C9H6BrN3O2S. The van der Waals surface area contributed by atoms with Crippen LogP contribution in [0.1, 0.15) is 10.4 Å². The SMILES string of the molecule is Nc1nc(-c2ccc(Br)s2)ncc1C(=O)O. The Labute approximate surface area is 103 Å². The maximum absolute atomic E-state index is 10.7. The number of rotatable bonds is 2. The number of hydrogen-bond donors (Lipinski definition) is 2. The van der Waals surface area contributed by atoms with E-state index >= 15 is 0 Å². The van der Waals surface area contributed by atoms with Gasteiger partial charge >= 0.3 is 5.97 Å². The van der Waals surface area contributed by atoms with Crippen LogP contribution in [0, 0.1) is 0 Å². The molecule has 2 rings (SSSR count). The van der Waals surface area contributed by atoms with E-state index in [9.17, 15) is 4.79 Å². The van der Waals surface area contributed by atoms with Crippen molar-refractivity contribution in [1.29, 1.82) is 0 Å². The molecule has 2 aromatic heterocycles. The average molecular weight is 300 g/mol. The predicted molar refractivity (Wildman–Crippen MR) is 64.4 cm³/mol. The third-order valence-corrected chi connectivity index (χ3v) is 3.46. The summed E-state index contributed by atoms with van der Waals surface area (Å²) in [5.41, 5.74) is 5.44. The van der Waals surface area contributed by atoms with Crippen LogP contribution in [-0.2, 0) is 0 Å². The summed E-state index contributed by atoms with van der Waals surface area (Å²) in [7, 11) is 0. The monoisotopic (exact) mass is 299 g/mol. The third-order valence-electron chi connectivity index (χ3n) is 1.84. The Kier molecular flexibility index (Phi) is 2.88. The smallest absolute Gasteiger partial charge is 0.341 e. The van der Waals surface area contributed by atoms with Gasteiger partial charge in [0.15, 0.2) is 5.82 Å². The van der Waals surface area contributed by atoms with Gasteiger partial charge in [-0.3, -0.25) is 0 Å². The topological polar surface area (TPSA) is 89.1 Å². The summed E-state index contributed by atoms with van der Waals surface area (Å²) < 4.78 is 0.951. The van der Waals surface area contributed by atoms with Gasteiger partial charge in [-0.05, 0) is 28.1 Å². The molecule has 2 heterocycles. The molecule has 0 aromatic carbocycles. The minimum absolute atomic E-state index is 0.0259. The van der Waals surface area contributed by atoms with Crippen molar-refractivity contribution in [1.82, 2.24) is 9.97 Å². The first-order valence-electron chi connectivity index (χ1n) is 4.19. The molecule has 2 aromatic rings. The Balaban J connectivity index is 2.45. The molecule has 0 saturated heterocycles. The zero-order valence-electron chi connectivity index (χ0n) is 7.85. The number of halogens is 1. The van der Waals surface area contributed by atoms with Crippen molar-refractivity contribution in [3.8, 4) is 10.7 Å². The summed E-state index contributed by atoms with van der Waals surface area (Å²) in [5, 5.41) is 8.77. The lowest BCUT2D eigenvalue weighted by molar-refractivity contribution is 0.0697. The number of anilines is 1. The van der Waals surface area contributed by atoms with Crippen LogP contribution in [0.4, 0.5) is 5.82 Å². The maximum Gasteiger partial charge on any atom is 0.341 e. The van der Waals surface area contributed by atoms with Crippen LogP contribution < -0.4 is 5.73 Å². The summed E-state index contributed by atoms with van der Waals surface area (Å²) in [6, 6.07) is 3.70. The first-order valence-corrected chi connectivity index (χ1v) is 5.80. The molecular weight excluding hydrogens is 294 g/mol. The molecule has 0 unspecified atom stereocenters. The highest BCUT2D eigenvalue weighted by Crippen LogP contribution is 2.29. The summed E-state index contributed by atoms with van der Waals surface area (Å²) in [4.78, 5) is 19.5. The van der Waals surface area contributed by atoms with E-state index in [1.54, 1.807) is 0 Å². The van der Waals surface area contributed by atoms with E-state index in [2.05, 4.69) is 25.9 Å². The number of hydrogen-bond acceptors (Lipinski definition) is 5. The van der Waals surface area contributed by atoms with Crippen molar-refractivity contribution in [3.63, 3.8) is 0 Å². The van der Waals surface area contributed by atoms with Crippen LogP contribution in [0.2, 0.25) is 0 Å². The second-order valence-electron chi connectivity index (χ2n) is 2.90. The van der Waals surface area contributed by atoms with Gasteiger partial charge < -0.3 is 10.8 Å². The Hall–Kier alpha value is -1.47. The van der Waals surface area contributed by atoms with Gasteiger partial charge in [0, 0.05) is 6.20 Å². The molecule has 0 aliphatic carbocycles. The van der Waals surface area contributed by atoms with Gasteiger partial charge in [0.2, 0.25) is 0 Å². The third kappa shape index (κ3) is 2.05. The summed E-state index contributed by atoms with van der Waals surface area (Å²) in [6.45, 7) is 0. The van der Waals surface area contributed by atoms with Gasteiger partial charge in [0.05, 0.1) is 8.66 Å². The molecule has 0 aliphatic rings. The highest BCUT2D eigenvalue weighted by atomic mass is 79.9.